The molecule has 3 N–H and O–H groups in total. The molecule has 0 saturated heterocycles. The van der Waals surface area contributed by atoms with Crippen molar-refractivity contribution in [2.45, 2.75) is 12.8 Å². The van der Waals surface area contributed by atoms with E-state index in [0.29, 0.717) is 40.6 Å². The summed E-state index contributed by atoms with van der Waals surface area (Å²) in [7, 11) is 1.60. The minimum absolute atomic E-state index is 0.106. The highest BCUT2D eigenvalue weighted by Crippen LogP contribution is 2.38. The Hall–Kier alpha value is -2.24. The first-order chi connectivity index (χ1) is 11.1. The van der Waals surface area contributed by atoms with E-state index in [1.54, 1.807) is 25.3 Å². The minimum atomic E-state index is -0.193. The fourth-order valence-electron chi connectivity index (χ4n) is 2.64. The highest BCUT2D eigenvalue weighted by atomic mass is 35.5. The van der Waals surface area contributed by atoms with Crippen LogP contribution >= 0.6 is 11.6 Å². The summed E-state index contributed by atoms with van der Waals surface area (Å²) in [4.78, 5) is 12.4. The largest absolute Gasteiger partial charge is 0.496 e. The fraction of sp³-hybridized carbons (Fsp3) is 0.235. The summed E-state index contributed by atoms with van der Waals surface area (Å²) in [6.07, 6.45) is 1.30. The van der Waals surface area contributed by atoms with Crippen LogP contribution in [-0.4, -0.2) is 24.7 Å². The summed E-state index contributed by atoms with van der Waals surface area (Å²) in [5, 5.41) is 15.7. The normalized spacial score (nSPS) is 12.6. The summed E-state index contributed by atoms with van der Waals surface area (Å²) in [5.74, 6) is 0.519. The van der Waals surface area contributed by atoms with E-state index in [1.807, 2.05) is 12.1 Å². The number of ether oxygens (including phenoxy) is 1. The molecule has 0 bridgehead atoms. The fourth-order valence-corrected chi connectivity index (χ4v) is 2.81. The van der Waals surface area contributed by atoms with E-state index in [9.17, 15) is 4.79 Å². The van der Waals surface area contributed by atoms with Crippen molar-refractivity contribution in [1.29, 1.82) is 0 Å². The molecular weight excluding hydrogens is 316 g/mol. The predicted octanol–water partition coefficient (Wildman–Crippen LogP) is 3.58. The third-order valence-corrected chi connectivity index (χ3v) is 4.00. The molecule has 5 nitrogen and oxygen atoms in total. The van der Waals surface area contributed by atoms with Gasteiger partial charge in [0.25, 0.3) is 5.91 Å². The Kier molecular flexibility index (Phi) is 4.41. The topological polar surface area (TPSA) is 70.6 Å². The molecule has 1 amide bonds. The van der Waals surface area contributed by atoms with Crippen molar-refractivity contribution in [2.24, 2.45) is 0 Å². The van der Waals surface area contributed by atoms with E-state index >= 15 is 0 Å². The summed E-state index contributed by atoms with van der Waals surface area (Å²) in [5.41, 5.74) is 3.53. The van der Waals surface area contributed by atoms with Gasteiger partial charge in [0.05, 0.1) is 29.7 Å². The van der Waals surface area contributed by atoms with Gasteiger partial charge in [-0.15, -0.1) is 0 Å². The third kappa shape index (κ3) is 3.11. The van der Waals surface area contributed by atoms with E-state index in [0.717, 1.165) is 11.3 Å². The number of hydrogen-bond acceptors (Lipinski definition) is 4. The number of halogens is 1. The Labute approximate surface area is 139 Å². The van der Waals surface area contributed by atoms with Gasteiger partial charge in [-0.25, -0.2) is 0 Å². The lowest BCUT2D eigenvalue weighted by atomic mass is 10.1. The number of hydrogen-bond donors (Lipinski definition) is 3. The number of rotatable bonds is 4. The van der Waals surface area contributed by atoms with Crippen LogP contribution in [0.2, 0.25) is 5.02 Å². The smallest absolute Gasteiger partial charge is 0.257 e. The van der Waals surface area contributed by atoms with Crippen molar-refractivity contribution in [3.05, 3.63) is 46.5 Å². The maximum atomic E-state index is 12.4. The Morgan fingerprint density at radius 2 is 1.91 bits per heavy atom. The van der Waals surface area contributed by atoms with Crippen LogP contribution in [0.3, 0.4) is 0 Å². The molecule has 0 spiro atoms. The molecule has 0 aliphatic carbocycles. The van der Waals surface area contributed by atoms with Crippen LogP contribution < -0.4 is 15.4 Å². The van der Waals surface area contributed by atoms with Crippen LogP contribution in [0.25, 0.3) is 0 Å². The number of carbonyl (C=O) groups excluding carboxylic acids is 1. The molecule has 1 aliphatic heterocycles. The van der Waals surface area contributed by atoms with Gasteiger partial charge < -0.3 is 20.5 Å². The minimum Gasteiger partial charge on any atom is -0.496 e. The van der Waals surface area contributed by atoms with Crippen molar-refractivity contribution in [3.8, 4) is 5.75 Å². The zero-order valence-electron chi connectivity index (χ0n) is 12.6. The summed E-state index contributed by atoms with van der Waals surface area (Å²) < 4.78 is 5.43. The Balaban J connectivity index is 2.06. The van der Waals surface area contributed by atoms with Gasteiger partial charge in [0.1, 0.15) is 5.75 Å². The predicted molar refractivity (Wildman–Crippen MR) is 91.1 cm³/mol. The van der Waals surface area contributed by atoms with Crippen molar-refractivity contribution >= 4 is 34.6 Å². The van der Waals surface area contributed by atoms with Gasteiger partial charge in [0, 0.05) is 17.7 Å². The molecule has 0 saturated carbocycles. The van der Waals surface area contributed by atoms with Crippen LogP contribution in [0, 0.1) is 0 Å². The van der Waals surface area contributed by atoms with Crippen LogP contribution in [0.1, 0.15) is 22.3 Å². The third-order valence-electron chi connectivity index (χ3n) is 3.77. The second-order valence-electron chi connectivity index (χ2n) is 5.31. The van der Waals surface area contributed by atoms with Crippen molar-refractivity contribution in [1.82, 2.24) is 0 Å². The van der Waals surface area contributed by atoms with Gasteiger partial charge in [-0.2, -0.15) is 0 Å². The van der Waals surface area contributed by atoms with E-state index < -0.39 is 0 Å². The molecular formula is C17H17ClN2O3. The summed E-state index contributed by atoms with van der Waals surface area (Å²) in [6, 6.07) is 8.82. The summed E-state index contributed by atoms with van der Waals surface area (Å²) in [6.45, 7) is 0.106. The highest BCUT2D eigenvalue weighted by Gasteiger charge is 2.21. The van der Waals surface area contributed by atoms with Crippen molar-refractivity contribution in [3.63, 3.8) is 0 Å². The van der Waals surface area contributed by atoms with E-state index in [2.05, 4.69) is 10.6 Å². The first-order valence-corrected chi connectivity index (χ1v) is 7.70. The van der Waals surface area contributed by atoms with Gasteiger partial charge in [-0.1, -0.05) is 11.6 Å². The number of amides is 1. The first-order valence-electron chi connectivity index (χ1n) is 7.32. The molecule has 2 aromatic rings. The molecule has 1 aliphatic rings. The number of benzene rings is 2. The SMILES string of the molecule is COc1cc2c(cc1CCCO)NC(=O)c1ccc(Cl)cc1N2. The van der Waals surface area contributed by atoms with Gasteiger partial charge in [0.15, 0.2) is 0 Å². The number of anilines is 3. The molecule has 0 unspecified atom stereocenters. The number of aliphatic hydroxyl groups is 1. The lowest BCUT2D eigenvalue weighted by Gasteiger charge is -2.15. The standard InChI is InChI=1S/C17H17ClN2O3/c1-23-16-9-15-14(7-10(16)3-2-6-21)20-17(22)12-5-4-11(18)8-13(12)19-15/h4-5,7-9,19,21H,2-3,6H2,1H3,(H,20,22). The van der Waals surface area contributed by atoms with Crippen LogP contribution in [0.4, 0.5) is 17.1 Å². The molecule has 120 valence electrons. The molecule has 0 aromatic heterocycles. The quantitative estimate of drug-likeness (QED) is 0.800. The molecule has 0 fully saturated rings. The second kappa shape index (κ2) is 6.48. The van der Waals surface area contributed by atoms with Crippen LogP contribution in [0.15, 0.2) is 30.3 Å². The Morgan fingerprint density at radius 3 is 2.65 bits per heavy atom. The Bertz CT molecular complexity index is 762. The lowest BCUT2D eigenvalue weighted by molar-refractivity contribution is 0.102. The van der Waals surface area contributed by atoms with Crippen LogP contribution in [-0.2, 0) is 6.42 Å². The molecule has 2 aromatic carbocycles. The van der Waals surface area contributed by atoms with Gasteiger partial charge in [0.2, 0.25) is 0 Å². The molecule has 6 heteroatoms. The average molecular weight is 333 g/mol. The molecule has 0 atom stereocenters. The number of carbonyl (C=O) groups is 1. The maximum absolute atomic E-state index is 12.4. The van der Waals surface area contributed by atoms with Gasteiger partial charge >= 0.3 is 0 Å². The zero-order valence-corrected chi connectivity index (χ0v) is 13.4. The molecule has 0 radical (unpaired) electrons. The van der Waals surface area contributed by atoms with Gasteiger partial charge in [-0.05, 0) is 42.7 Å². The summed E-state index contributed by atoms with van der Waals surface area (Å²) >= 11 is 6.03. The van der Waals surface area contributed by atoms with E-state index in [4.69, 9.17) is 21.4 Å². The first kappa shape index (κ1) is 15.6. The lowest BCUT2D eigenvalue weighted by Crippen LogP contribution is -2.11. The second-order valence-corrected chi connectivity index (χ2v) is 5.74. The maximum Gasteiger partial charge on any atom is 0.257 e. The zero-order chi connectivity index (χ0) is 16.4. The van der Waals surface area contributed by atoms with Gasteiger partial charge in [-0.3, -0.25) is 4.79 Å². The monoisotopic (exact) mass is 332 g/mol. The number of fused-ring (bicyclic) bond motifs is 2. The van der Waals surface area contributed by atoms with E-state index in [1.165, 1.54) is 0 Å². The van der Waals surface area contributed by atoms with Crippen molar-refractivity contribution < 1.29 is 14.6 Å². The molecule has 23 heavy (non-hydrogen) atoms. The molecule has 3 rings (SSSR count). The number of nitrogens with one attached hydrogen (secondary N) is 2. The number of methoxy groups -OCH3 is 1. The number of aliphatic hydroxyl groups excluding tert-OH is 1. The number of aryl methyl sites for hydroxylation is 1. The highest BCUT2D eigenvalue weighted by molar-refractivity contribution is 6.31. The molecule has 1 heterocycles. The van der Waals surface area contributed by atoms with E-state index in [-0.39, 0.29) is 12.5 Å². The van der Waals surface area contributed by atoms with Crippen molar-refractivity contribution in [2.75, 3.05) is 24.4 Å². The average Bonchev–Trinajstić information content (AvgIpc) is 2.66. The Morgan fingerprint density at radius 1 is 1.13 bits per heavy atom. The van der Waals surface area contributed by atoms with Crippen LogP contribution in [0.5, 0.6) is 5.75 Å².